The summed E-state index contributed by atoms with van der Waals surface area (Å²) in [6.07, 6.45) is 3.20. The van der Waals surface area contributed by atoms with Crippen LogP contribution in [-0.2, 0) is 17.8 Å². The molecule has 1 heterocycles. The number of ether oxygens (including phenoxy) is 1. The third kappa shape index (κ3) is 5.12. The summed E-state index contributed by atoms with van der Waals surface area (Å²) in [6.45, 7) is 6.46. The largest absolute Gasteiger partial charge is 0.389 e. The van der Waals surface area contributed by atoms with E-state index in [0.717, 1.165) is 18.8 Å². The van der Waals surface area contributed by atoms with Gasteiger partial charge in [0.25, 0.3) is 0 Å². The van der Waals surface area contributed by atoms with Crippen molar-refractivity contribution in [3.63, 3.8) is 0 Å². The molecule has 0 spiro atoms. The molecule has 1 rings (SSSR count). The first-order valence-corrected chi connectivity index (χ1v) is 6.38. The van der Waals surface area contributed by atoms with Gasteiger partial charge in [-0.15, -0.1) is 0 Å². The minimum Gasteiger partial charge on any atom is -0.389 e. The van der Waals surface area contributed by atoms with Gasteiger partial charge in [0.1, 0.15) is 12.2 Å². The minimum absolute atomic E-state index is 0.509. The van der Waals surface area contributed by atoms with E-state index in [4.69, 9.17) is 4.74 Å². The SMILES string of the molecule is CCCn1ncnc1CNCC(C)(O)CCOC. The van der Waals surface area contributed by atoms with E-state index in [0.29, 0.717) is 26.1 Å². The van der Waals surface area contributed by atoms with Crippen LogP contribution in [0.15, 0.2) is 6.33 Å². The lowest BCUT2D eigenvalue weighted by molar-refractivity contribution is 0.0245. The predicted octanol–water partition coefficient (Wildman–Crippen LogP) is 0.565. The average molecular weight is 256 g/mol. The standard InChI is InChI=1S/C12H24N4O2/c1-4-6-16-11(14-10-15-16)8-13-9-12(2,17)5-7-18-3/h10,13,17H,4-9H2,1-3H3. The molecule has 0 radical (unpaired) electrons. The molecule has 1 atom stereocenters. The highest BCUT2D eigenvalue weighted by Crippen LogP contribution is 2.07. The molecule has 1 unspecified atom stereocenters. The zero-order valence-corrected chi connectivity index (χ0v) is 11.5. The number of aryl methyl sites for hydroxylation is 1. The molecule has 0 bridgehead atoms. The summed E-state index contributed by atoms with van der Waals surface area (Å²) in [5.41, 5.74) is -0.758. The van der Waals surface area contributed by atoms with Gasteiger partial charge in [0.15, 0.2) is 0 Å². The second kappa shape index (κ2) is 7.45. The third-order valence-electron chi connectivity index (χ3n) is 2.76. The van der Waals surface area contributed by atoms with Crippen LogP contribution in [0.3, 0.4) is 0 Å². The Kier molecular flexibility index (Phi) is 6.24. The summed E-state index contributed by atoms with van der Waals surface area (Å²) in [5, 5.41) is 17.4. The number of hydrogen-bond donors (Lipinski definition) is 2. The van der Waals surface area contributed by atoms with Gasteiger partial charge in [0.2, 0.25) is 0 Å². The quantitative estimate of drug-likeness (QED) is 0.675. The Balaban J connectivity index is 2.34. The lowest BCUT2D eigenvalue weighted by atomic mass is 10.0. The molecular formula is C12H24N4O2. The highest BCUT2D eigenvalue weighted by molar-refractivity contribution is 4.85. The van der Waals surface area contributed by atoms with Crippen molar-refractivity contribution in [2.24, 2.45) is 0 Å². The van der Waals surface area contributed by atoms with Crippen molar-refractivity contribution in [2.75, 3.05) is 20.3 Å². The van der Waals surface area contributed by atoms with Gasteiger partial charge < -0.3 is 15.2 Å². The predicted molar refractivity (Wildman–Crippen MR) is 69.1 cm³/mol. The van der Waals surface area contributed by atoms with Gasteiger partial charge in [-0.25, -0.2) is 9.67 Å². The second-order valence-electron chi connectivity index (χ2n) is 4.74. The Morgan fingerprint density at radius 3 is 3.00 bits per heavy atom. The maximum Gasteiger partial charge on any atom is 0.140 e. The first-order valence-electron chi connectivity index (χ1n) is 6.38. The number of nitrogens with zero attached hydrogens (tertiary/aromatic N) is 3. The summed E-state index contributed by atoms with van der Waals surface area (Å²) in [5.74, 6) is 0.902. The van der Waals surface area contributed by atoms with E-state index < -0.39 is 5.60 Å². The van der Waals surface area contributed by atoms with Gasteiger partial charge in [-0.3, -0.25) is 0 Å². The maximum absolute atomic E-state index is 10.1. The number of rotatable bonds is 9. The molecule has 0 aliphatic heterocycles. The highest BCUT2D eigenvalue weighted by atomic mass is 16.5. The summed E-state index contributed by atoms with van der Waals surface area (Å²) >= 11 is 0. The monoisotopic (exact) mass is 256 g/mol. The van der Waals surface area contributed by atoms with Crippen LogP contribution in [0, 0.1) is 0 Å². The lowest BCUT2D eigenvalue weighted by Gasteiger charge is -2.23. The lowest BCUT2D eigenvalue weighted by Crippen LogP contribution is -2.38. The van der Waals surface area contributed by atoms with Crippen LogP contribution in [-0.4, -0.2) is 45.7 Å². The van der Waals surface area contributed by atoms with E-state index in [1.165, 1.54) is 0 Å². The first-order chi connectivity index (χ1) is 8.59. The molecule has 104 valence electrons. The highest BCUT2D eigenvalue weighted by Gasteiger charge is 2.19. The second-order valence-corrected chi connectivity index (χ2v) is 4.74. The molecule has 1 aromatic rings. The summed E-state index contributed by atoms with van der Waals surface area (Å²) in [7, 11) is 1.64. The van der Waals surface area contributed by atoms with Crippen LogP contribution in [0.5, 0.6) is 0 Å². The van der Waals surface area contributed by atoms with E-state index in [9.17, 15) is 5.11 Å². The van der Waals surface area contributed by atoms with E-state index in [1.807, 2.05) is 4.68 Å². The topological polar surface area (TPSA) is 72.2 Å². The Hall–Kier alpha value is -0.980. The molecule has 6 heteroatoms. The molecule has 0 aromatic carbocycles. The number of aromatic nitrogens is 3. The van der Waals surface area contributed by atoms with Crippen molar-refractivity contribution in [2.45, 2.75) is 45.4 Å². The van der Waals surface area contributed by atoms with Gasteiger partial charge in [-0.05, 0) is 13.3 Å². The average Bonchev–Trinajstić information content (AvgIpc) is 2.75. The summed E-state index contributed by atoms with van der Waals surface area (Å²) < 4.78 is 6.85. The van der Waals surface area contributed by atoms with Gasteiger partial charge in [0.05, 0.1) is 12.1 Å². The van der Waals surface area contributed by atoms with Crippen LogP contribution in [0.25, 0.3) is 0 Å². The van der Waals surface area contributed by atoms with Crippen LogP contribution in [0.1, 0.15) is 32.5 Å². The Morgan fingerprint density at radius 1 is 1.56 bits per heavy atom. The molecule has 0 aliphatic carbocycles. The number of hydrogen-bond acceptors (Lipinski definition) is 5. The van der Waals surface area contributed by atoms with E-state index in [-0.39, 0.29) is 0 Å². The van der Waals surface area contributed by atoms with Crippen LogP contribution >= 0.6 is 0 Å². The molecule has 6 nitrogen and oxygen atoms in total. The van der Waals surface area contributed by atoms with E-state index in [1.54, 1.807) is 20.4 Å². The molecule has 0 amide bonds. The normalized spacial score (nSPS) is 14.7. The minimum atomic E-state index is -0.758. The van der Waals surface area contributed by atoms with E-state index in [2.05, 4.69) is 22.3 Å². The van der Waals surface area contributed by atoms with Crippen molar-refractivity contribution >= 4 is 0 Å². The molecule has 18 heavy (non-hydrogen) atoms. The van der Waals surface area contributed by atoms with Crippen molar-refractivity contribution in [1.82, 2.24) is 20.1 Å². The van der Waals surface area contributed by atoms with Crippen molar-refractivity contribution < 1.29 is 9.84 Å². The zero-order chi connectivity index (χ0) is 13.4. The fourth-order valence-electron chi connectivity index (χ4n) is 1.68. The Labute approximate surface area is 108 Å². The third-order valence-corrected chi connectivity index (χ3v) is 2.76. The number of methoxy groups -OCH3 is 1. The number of aliphatic hydroxyl groups is 1. The van der Waals surface area contributed by atoms with Crippen molar-refractivity contribution in [1.29, 1.82) is 0 Å². The molecule has 2 N–H and O–H groups in total. The van der Waals surface area contributed by atoms with Gasteiger partial charge in [0, 0.05) is 33.2 Å². The van der Waals surface area contributed by atoms with Gasteiger partial charge in [-0.2, -0.15) is 5.10 Å². The Morgan fingerprint density at radius 2 is 2.33 bits per heavy atom. The van der Waals surface area contributed by atoms with Crippen molar-refractivity contribution in [3.05, 3.63) is 12.2 Å². The molecule has 0 aliphatic rings. The smallest absolute Gasteiger partial charge is 0.140 e. The Bertz CT molecular complexity index is 339. The van der Waals surface area contributed by atoms with Gasteiger partial charge >= 0.3 is 0 Å². The molecule has 1 aromatic heterocycles. The van der Waals surface area contributed by atoms with Crippen LogP contribution < -0.4 is 5.32 Å². The molecule has 0 fully saturated rings. The van der Waals surface area contributed by atoms with Crippen LogP contribution in [0.2, 0.25) is 0 Å². The fraction of sp³-hybridized carbons (Fsp3) is 0.833. The van der Waals surface area contributed by atoms with Gasteiger partial charge in [-0.1, -0.05) is 6.92 Å². The summed E-state index contributed by atoms with van der Waals surface area (Å²) in [6, 6.07) is 0. The van der Waals surface area contributed by atoms with E-state index >= 15 is 0 Å². The zero-order valence-electron chi connectivity index (χ0n) is 11.5. The molecule has 0 saturated heterocycles. The van der Waals surface area contributed by atoms with Crippen molar-refractivity contribution in [3.8, 4) is 0 Å². The first kappa shape index (κ1) is 15.1. The molecule has 0 saturated carbocycles. The number of nitrogens with one attached hydrogen (secondary N) is 1. The summed E-state index contributed by atoms with van der Waals surface area (Å²) in [4.78, 5) is 4.20. The van der Waals surface area contributed by atoms with Crippen LogP contribution in [0.4, 0.5) is 0 Å². The molecular weight excluding hydrogens is 232 g/mol. The maximum atomic E-state index is 10.1. The fourth-order valence-corrected chi connectivity index (χ4v) is 1.68.